The molecule has 0 amide bonds. The maximum absolute atomic E-state index is 6.35. The molecule has 0 aromatic carbocycles. The van der Waals surface area contributed by atoms with Crippen molar-refractivity contribution in [1.82, 2.24) is 24.8 Å². The quantitative estimate of drug-likeness (QED) is 0.532. The lowest BCUT2D eigenvalue weighted by Gasteiger charge is -2.30. The second-order valence-corrected chi connectivity index (χ2v) is 9.11. The summed E-state index contributed by atoms with van der Waals surface area (Å²) in [5.41, 5.74) is 8.19. The van der Waals surface area contributed by atoms with Gasteiger partial charge in [0.25, 0.3) is 0 Å². The first kappa shape index (κ1) is 20.5. The zero-order valence-corrected chi connectivity index (χ0v) is 18.3. The zero-order chi connectivity index (χ0) is 21.0. The number of fused-ring (bicyclic) bond motifs is 1. The van der Waals surface area contributed by atoms with Gasteiger partial charge in [0.05, 0.1) is 18.9 Å². The van der Waals surface area contributed by atoms with E-state index in [0.717, 1.165) is 72.7 Å². The largest absolute Gasteiger partial charge is 0.379 e. The molecule has 4 heterocycles. The Balaban J connectivity index is 1.39. The number of hydrogen-bond acceptors (Lipinski definition) is 10. The highest BCUT2D eigenvalue weighted by Crippen LogP contribution is 2.27. The molecule has 3 aromatic heterocycles. The molecule has 2 aliphatic rings. The van der Waals surface area contributed by atoms with Crippen LogP contribution in [0.4, 0.5) is 16.9 Å². The average Bonchev–Trinajstić information content (AvgIpc) is 3.18. The molecule has 164 valence electrons. The fourth-order valence-corrected chi connectivity index (χ4v) is 4.95. The molecule has 1 aliphatic carbocycles. The van der Waals surface area contributed by atoms with Gasteiger partial charge in [-0.25, -0.2) is 15.0 Å². The highest BCUT2D eigenvalue weighted by atomic mass is 32.1. The summed E-state index contributed by atoms with van der Waals surface area (Å²) in [6.45, 7) is 4.10. The van der Waals surface area contributed by atoms with Crippen LogP contribution in [0.25, 0.3) is 10.3 Å². The molecule has 1 aliphatic heterocycles. The van der Waals surface area contributed by atoms with Crippen molar-refractivity contribution in [3.05, 3.63) is 30.1 Å². The number of aromatic nitrogens is 4. The highest BCUT2D eigenvalue weighted by Gasteiger charge is 2.23. The average molecular weight is 441 g/mol. The van der Waals surface area contributed by atoms with E-state index in [0.29, 0.717) is 5.95 Å². The van der Waals surface area contributed by atoms with Crippen molar-refractivity contribution in [1.29, 1.82) is 0 Å². The van der Waals surface area contributed by atoms with Crippen LogP contribution in [0.2, 0.25) is 0 Å². The van der Waals surface area contributed by atoms with E-state index in [4.69, 9.17) is 20.4 Å². The minimum absolute atomic E-state index is 0.131. The summed E-state index contributed by atoms with van der Waals surface area (Å²) >= 11 is 1.51. The van der Waals surface area contributed by atoms with Gasteiger partial charge in [-0.05, 0) is 25.0 Å². The summed E-state index contributed by atoms with van der Waals surface area (Å²) in [5.74, 6) is 1.35. The summed E-state index contributed by atoms with van der Waals surface area (Å²) in [4.78, 5) is 21.8. The van der Waals surface area contributed by atoms with E-state index in [1.54, 1.807) is 6.20 Å². The molecule has 0 radical (unpaired) electrons. The molecule has 2 unspecified atom stereocenters. The third kappa shape index (κ3) is 5.09. The van der Waals surface area contributed by atoms with E-state index < -0.39 is 0 Å². The van der Waals surface area contributed by atoms with Crippen LogP contribution in [-0.2, 0) is 11.3 Å². The minimum Gasteiger partial charge on any atom is -0.379 e. The van der Waals surface area contributed by atoms with Gasteiger partial charge in [-0.2, -0.15) is 4.98 Å². The van der Waals surface area contributed by atoms with Gasteiger partial charge in [0, 0.05) is 44.0 Å². The van der Waals surface area contributed by atoms with E-state index >= 15 is 0 Å². The van der Waals surface area contributed by atoms with Gasteiger partial charge in [0.15, 0.2) is 5.13 Å². The fraction of sp³-hybridized carbons (Fsp3) is 0.524. The van der Waals surface area contributed by atoms with Gasteiger partial charge < -0.3 is 21.1 Å². The second-order valence-electron chi connectivity index (χ2n) is 8.13. The number of hydrogen-bond donors (Lipinski definition) is 3. The summed E-state index contributed by atoms with van der Waals surface area (Å²) in [6, 6.07) is 6.19. The SMILES string of the molecule is NC1CCCCC1Nc1nc(CN2CCOCC2)cc(Nc2nc3cccnc3s2)n1. The van der Waals surface area contributed by atoms with Crippen LogP contribution in [0.5, 0.6) is 0 Å². The van der Waals surface area contributed by atoms with Gasteiger partial charge in [-0.3, -0.25) is 4.90 Å². The van der Waals surface area contributed by atoms with Crippen molar-refractivity contribution < 1.29 is 4.74 Å². The van der Waals surface area contributed by atoms with E-state index in [2.05, 4.69) is 25.5 Å². The number of anilines is 3. The fourth-order valence-electron chi connectivity index (χ4n) is 4.13. The summed E-state index contributed by atoms with van der Waals surface area (Å²) < 4.78 is 5.48. The Morgan fingerprint density at radius 2 is 2.03 bits per heavy atom. The van der Waals surface area contributed by atoms with Gasteiger partial charge in [-0.15, -0.1) is 0 Å². The van der Waals surface area contributed by atoms with Crippen molar-refractivity contribution in [3.63, 3.8) is 0 Å². The second kappa shape index (κ2) is 9.39. The Morgan fingerprint density at radius 1 is 1.16 bits per heavy atom. The van der Waals surface area contributed by atoms with Crippen LogP contribution in [0.1, 0.15) is 31.4 Å². The van der Waals surface area contributed by atoms with Crippen LogP contribution >= 0.6 is 11.3 Å². The molecule has 4 N–H and O–H groups in total. The van der Waals surface area contributed by atoms with E-state index in [1.807, 2.05) is 18.2 Å². The van der Waals surface area contributed by atoms with Crippen LogP contribution in [0.15, 0.2) is 24.4 Å². The number of nitrogens with zero attached hydrogens (tertiary/aromatic N) is 5. The number of thiazole rings is 1. The first-order chi connectivity index (χ1) is 15.2. The van der Waals surface area contributed by atoms with Crippen molar-refractivity contribution in [2.75, 3.05) is 36.9 Å². The summed E-state index contributed by atoms with van der Waals surface area (Å²) in [5, 5.41) is 7.63. The lowest BCUT2D eigenvalue weighted by atomic mass is 9.91. The van der Waals surface area contributed by atoms with Gasteiger partial charge in [0.2, 0.25) is 5.95 Å². The molecule has 1 saturated carbocycles. The van der Waals surface area contributed by atoms with Crippen LogP contribution < -0.4 is 16.4 Å². The molecule has 0 bridgehead atoms. The maximum Gasteiger partial charge on any atom is 0.225 e. The minimum atomic E-state index is 0.131. The highest BCUT2D eigenvalue weighted by molar-refractivity contribution is 7.21. The number of ether oxygens (including phenoxy) is 1. The Bertz CT molecular complexity index is 989. The number of nitrogens with one attached hydrogen (secondary N) is 2. The zero-order valence-electron chi connectivity index (χ0n) is 17.5. The predicted octanol–water partition coefficient (Wildman–Crippen LogP) is 2.74. The van der Waals surface area contributed by atoms with E-state index in [1.165, 1.54) is 24.2 Å². The van der Waals surface area contributed by atoms with Crippen LogP contribution in [0.3, 0.4) is 0 Å². The molecule has 9 nitrogen and oxygen atoms in total. The number of nitrogens with two attached hydrogens (primary N) is 1. The molecule has 10 heteroatoms. The molecule has 2 atom stereocenters. The van der Waals surface area contributed by atoms with Gasteiger partial charge in [-0.1, -0.05) is 24.2 Å². The molecule has 31 heavy (non-hydrogen) atoms. The molecule has 0 spiro atoms. The Morgan fingerprint density at radius 3 is 2.87 bits per heavy atom. The lowest BCUT2D eigenvalue weighted by Crippen LogP contribution is -2.43. The predicted molar refractivity (Wildman–Crippen MR) is 123 cm³/mol. The summed E-state index contributed by atoms with van der Waals surface area (Å²) in [7, 11) is 0. The first-order valence-corrected chi connectivity index (χ1v) is 11.7. The number of pyridine rings is 1. The smallest absolute Gasteiger partial charge is 0.225 e. The maximum atomic E-state index is 6.35. The topological polar surface area (TPSA) is 114 Å². The normalized spacial score (nSPS) is 22.5. The van der Waals surface area contributed by atoms with Crippen molar-refractivity contribution in [3.8, 4) is 0 Å². The monoisotopic (exact) mass is 440 g/mol. The Hall–Kier alpha value is -2.40. The van der Waals surface area contributed by atoms with Crippen molar-refractivity contribution in [2.45, 2.75) is 44.3 Å². The standard InChI is InChI=1S/C21H28N8OS/c22-15-4-1-2-5-16(15)25-20-24-14(13-29-8-10-30-11-9-29)12-18(27-20)28-21-26-17-6-3-7-23-19(17)31-21/h3,6-7,12,15-16H,1-2,4-5,8-11,13,22H2,(H2,24,25,26,27,28). The van der Waals surface area contributed by atoms with E-state index in [9.17, 15) is 0 Å². The third-order valence-electron chi connectivity index (χ3n) is 5.80. The van der Waals surface area contributed by atoms with Crippen molar-refractivity contribution >= 4 is 38.6 Å². The molecule has 1 saturated heterocycles. The van der Waals surface area contributed by atoms with E-state index in [-0.39, 0.29) is 12.1 Å². The summed E-state index contributed by atoms with van der Waals surface area (Å²) in [6.07, 6.45) is 6.24. The Kier molecular flexibility index (Phi) is 6.21. The molecule has 2 fully saturated rings. The Labute approximate surface area is 185 Å². The molecular formula is C21H28N8OS. The first-order valence-electron chi connectivity index (χ1n) is 10.9. The lowest BCUT2D eigenvalue weighted by molar-refractivity contribution is 0.0336. The van der Waals surface area contributed by atoms with Crippen molar-refractivity contribution in [2.24, 2.45) is 5.73 Å². The molecule has 3 aromatic rings. The van der Waals surface area contributed by atoms with Crippen LogP contribution in [-0.4, -0.2) is 63.2 Å². The number of rotatable bonds is 6. The number of morpholine rings is 1. The molecular weight excluding hydrogens is 412 g/mol. The third-order valence-corrected chi connectivity index (χ3v) is 6.70. The molecule has 5 rings (SSSR count). The van der Waals surface area contributed by atoms with Crippen LogP contribution in [0, 0.1) is 0 Å². The van der Waals surface area contributed by atoms with Gasteiger partial charge >= 0.3 is 0 Å². The van der Waals surface area contributed by atoms with Gasteiger partial charge in [0.1, 0.15) is 16.2 Å².